The Morgan fingerprint density at radius 1 is 1.09 bits per heavy atom. The molecule has 3 N–H and O–H groups in total. The lowest BCUT2D eigenvalue weighted by atomic mass is 9.45. The van der Waals surface area contributed by atoms with Gasteiger partial charge in [0.25, 0.3) is 0 Å². The first-order chi connectivity index (χ1) is 15.6. The van der Waals surface area contributed by atoms with Crippen LogP contribution in [0.3, 0.4) is 0 Å². The first-order valence-corrected chi connectivity index (χ1v) is 12.7. The highest BCUT2D eigenvalue weighted by atomic mass is 35.5. The normalized spacial score (nSPS) is 44.7. The molecule has 1 aromatic carbocycles. The predicted octanol–water partition coefficient (Wildman–Crippen LogP) is 4.80. The van der Waals surface area contributed by atoms with E-state index in [-0.39, 0.29) is 46.4 Å². The predicted molar refractivity (Wildman–Crippen MR) is 129 cm³/mol. The molecule has 178 valence electrons. The van der Waals surface area contributed by atoms with E-state index in [9.17, 15) is 20.1 Å². The highest BCUT2D eigenvalue weighted by Crippen LogP contribution is 2.66. The molecule has 4 aliphatic rings. The van der Waals surface area contributed by atoms with Crippen LogP contribution in [0.2, 0.25) is 5.02 Å². The van der Waals surface area contributed by atoms with Crippen LogP contribution in [0.5, 0.6) is 0 Å². The van der Waals surface area contributed by atoms with E-state index in [0.717, 1.165) is 36.8 Å². The third-order valence-electron chi connectivity index (χ3n) is 9.69. The number of benzene rings is 1. The second-order valence-corrected chi connectivity index (χ2v) is 11.8. The molecule has 0 spiro atoms. The van der Waals surface area contributed by atoms with Crippen LogP contribution in [0.15, 0.2) is 42.0 Å². The summed E-state index contributed by atoms with van der Waals surface area (Å²) in [6.07, 6.45) is 8.36. The number of hydrogen-bond donors (Lipinski definition) is 3. The molecule has 4 nitrogen and oxygen atoms in total. The standard InChI is InChI=1S/C28H35ClO4/c1-27-12-11-19(30)13-17(27)14-23(32)25-21-9-8-20(28(21,2)15-24(33)26(25)27)22(31)10-5-16-3-6-18(29)7-4-16/h3-7,10,14,19-21,23-26,30,32-33H,8-9,11-13,15H2,1-2H3/b10-5+/t19-,20+,21-,23+,24+,25+,26-,27-,28+/m0/s1. The summed E-state index contributed by atoms with van der Waals surface area (Å²) in [5.41, 5.74) is 1.51. The van der Waals surface area contributed by atoms with Crippen LogP contribution < -0.4 is 0 Å². The minimum absolute atomic E-state index is 0.0310. The van der Waals surface area contributed by atoms with Crippen LogP contribution in [-0.4, -0.2) is 39.4 Å². The van der Waals surface area contributed by atoms with Crippen molar-refractivity contribution in [3.8, 4) is 0 Å². The molecule has 0 aromatic heterocycles. The summed E-state index contributed by atoms with van der Waals surface area (Å²) in [7, 11) is 0. The minimum Gasteiger partial charge on any atom is -0.393 e. The Hall–Kier alpha value is -1.46. The van der Waals surface area contributed by atoms with Gasteiger partial charge in [0.15, 0.2) is 5.78 Å². The fourth-order valence-electron chi connectivity index (χ4n) is 8.08. The molecule has 0 saturated heterocycles. The van der Waals surface area contributed by atoms with Gasteiger partial charge in [-0.25, -0.2) is 0 Å². The smallest absolute Gasteiger partial charge is 0.159 e. The van der Waals surface area contributed by atoms with E-state index in [1.807, 2.05) is 36.4 Å². The average molecular weight is 471 g/mol. The third-order valence-corrected chi connectivity index (χ3v) is 9.95. The van der Waals surface area contributed by atoms with E-state index in [2.05, 4.69) is 13.8 Å². The van der Waals surface area contributed by atoms with E-state index in [1.54, 1.807) is 6.08 Å². The Morgan fingerprint density at radius 3 is 2.55 bits per heavy atom. The fourth-order valence-corrected chi connectivity index (χ4v) is 8.21. The van der Waals surface area contributed by atoms with Gasteiger partial charge in [-0.3, -0.25) is 4.79 Å². The number of carbonyl (C=O) groups excluding carboxylic acids is 1. The second kappa shape index (κ2) is 8.34. The van der Waals surface area contributed by atoms with E-state index in [0.29, 0.717) is 17.9 Å². The topological polar surface area (TPSA) is 77.8 Å². The summed E-state index contributed by atoms with van der Waals surface area (Å²) in [4.78, 5) is 13.3. The maximum Gasteiger partial charge on any atom is 0.159 e. The average Bonchev–Trinajstić information content (AvgIpc) is 3.10. The number of aliphatic hydroxyl groups excluding tert-OH is 3. The Kier molecular flexibility index (Phi) is 5.88. The van der Waals surface area contributed by atoms with Crippen LogP contribution >= 0.6 is 11.6 Å². The van der Waals surface area contributed by atoms with Crippen LogP contribution in [0.1, 0.15) is 57.9 Å². The summed E-state index contributed by atoms with van der Waals surface area (Å²) in [6, 6.07) is 7.41. The zero-order valence-corrected chi connectivity index (χ0v) is 20.2. The van der Waals surface area contributed by atoms with Crippen LogP contribution in [0, 0.1) is 34.5 Å². The Morgan fingerprint density at radius 2 is 1.82 bits per heavy atom. The number of halogens is 1. The molecule has 0 bridgehead atoms. The second-order valence-electron chi connectivity index (χ2n) is 11.4. The van der Waals surface area contributed by atoms with E-state index < -0.39 is 12.2 Å². The van der Waals surface area contributed by atoms with Crippen molar-refractivity contribution in [1.82, 2.24) is 0 Å². The number of hydrogen-bond acceptors (Lipinski definition) is 4. The Bertz CT molecular complexity index is 984. The Labute approximate surface area is 201 Å². The van der Waals surface area contributed by atoms with Crippen molar-refractivity contribution in [2.75, 3.05) is 0 Å². The van der Waals surface area contributed by atoms with Gasteiger partial charge >= 0.3 is 0 Å². The molecule has 4 aliphatic carbocycles. The summed E-state index contributed by atoms with van der Waals surface area (Å²) in [5, 5.41) is 33.6. The maximum absolute atomic E-state index is 13.3. The molecular weight excluding hydrogens is 436 g/mol. The van der Waals surface area contributed by atoms with Crippen LogP contribution in [-0.2, 0) is 4.79 Å². The molecule has 0 unspecified atom stereocenters. The monoisotopic (exact) mass is 470 g/mol. The number of rotatable bonds is 3. The van der Waals surface area contributed by atoms with Crippen molar-refractivity contribution in [3.63, 3.8) is 0 Å². The summed E-state index contributed by atoms with van der Waals surface area (Å²) < 4.78 is 0. The summed E-state index contributed by atoms with van der Waals surface area (Å²) in [5.74, 6) is 0.0620. The molecule has 9 atom stereocenters. The number of ketones is 1. The molecule has 33 heavy (non-hydrogen) atoms. The number of aliphatic hydroxyl groups is 3. The molecule has 0 heterocycles. The molecule has 0 aliphatic heterocycles. The first kappa shape index (κ1) is 23.3. The lowest BCUT2D eigenvalue weighted by Gasteiger charge is -2.60. The van der Waals surface area contributed by atoms with Crippen LogP contribution in [0.25, 0.3) is 6.08 Å². The molecule has 5 heteroatoms. The fraction of sp³-hybridized carbons (Fsp3) is 0.607. The highest BCUT2D eigenvalue weighted by molar-refractivity contribution is 6.30. The highest BCUT2D eigenvalue weighted by Gasteiger charge is 2.64. The molecule has 3 saturated carbocycles. The zero-order valence-electron chi connectivity index (χ0n) is 19.5. The van der Waals surface area contributed by atoms with Crippen molar-refractivity contribution in [3.05, 3.63) is 52.6 Å². The van der Waals surface area contributed by atoms with Crippen molar-refractivity contribution < 1.29 is 20.1 Å². The van der Waals surface area contributed by atoms with Crippen molar-refractivity contribution in [2.45, 2.75) is 70.7 Å². The molecule has 0 radical (unpaired) electrons. The van der Waals surface area contributed by atoms with Crippen molar-refractivity contribution >= 4 is 23.5 Å². The molecular formula is C28H35ClO4. The zero-order chi connectivity index (χ0) is 23.5. The number of carbonyl (C=O) groups is 1. The summed E-state index contributed by atoms with van der Waals surface area (Å²) >= 11 is 5.96. The van der Waals surface area contributed by atoms with Gasteiger partial charge in [0.2, 0.25) is 0 Å². The SMILES string of the molecule is C[C@]12C[C@@H](O)[C@H]3[C@@H]([C@H](O)C=C4C[C@@H](O)CC[C@@]43C)[C@@H]1CC[C@@H]2C(=O)/C=C/c1ccc(Cl)cc1. The van der Waals surface area contributed by atoms with Gasteiger partial charge in [-0.05, 0) is 90.9 Å². The van der Waals surface area contributed by atoms with Crippen molar-refractivity contribution in [1.29, 1.82) is 0 Å². The molecule has 5 rings (SSSR count). The lowest BCUT2D eigenvalue weighted by molar-refractivity contribution is -0.156. The van der Waals surface area contributed by atoms with Crippen LogP contribution in [0.4, 0.5) is 0 Å². The maximum atomic E-state index is 13.3. The molecule has 1 aromatic rings. The first-order valence-electron chi connectivity index (χ1n) is 12.4. The quantitative estimate of drug-likeness (QED) is 0.438. The Balaban J connectivity index is 1.42. The van der Waals surface area contributed by atoms with Gasteiger partial charge in [-0.2, -0.15) is 0 Å². The molecule has 3 fully saturated rings. The van der Waals surface area contributed by atoms with Gasteiger partial charge in [-0.15, -0.1) is 0 Å². The third kappa shape index (κ3) is 3.74. The molecule has 0 amide bonds. The van der Waals surface area contributed by atoms with Crippen molar-refractivity contribution in [2.24, 2.45) is 34.5 Å². The van der Waals surface area contributed by atoms with Gasteiger partial charge in [-0.1, -0.05) is 55.3 Å². The number of fused-ring (bicyclic) bond motifs is 5. The minimum atomic E-state index is -0.638. The van der Waals surface area contributed by atoms with Gasteiger partial charge in [0.1, 0.15) is 0 Å². The van der Waals surface area contributed by atoms with Gasteiger partial charge in [0, 0.05) is 10.9 Å². The van der Waals surface area contributed by atoms with Gasteiger partial charge in [0.05, 0.1) is 18.3 Å². The van der Waals surface area contributed by atoms with E-state index >= 15 is 0 Å². The van der Waals surface area contributed by atoms with E-state index in [1.165, 1.54) is 0 Å². The lowest BCUT2D eigenvalue weighted by Crippen LogP contribution is -2.60. The van der Waals surface area contributed by atoms with E-state index in [4.69, 9.17) is 11.6 Å². The largest absolute Gasteiger partial charge is 0.393 e. The van der Waals surface area contributed by atoms with Gasteiger partial charge < -0.3 is 15.3 Å². The summed E-state index contributed by atoms with van der Waals surface area (Å²) in [6.45, 7) is 4.37. The number of allylic oxidation sites excluding steroid dienone is 1.